The number of rotatable bonds is 1. The van der Waals surface area contributed by atoms with Gasteiger partial charge in [0.1, 0.15) is 6.42 Å². The van der Waals surface area contributed by atoms with Crippen LogP contribution in [0.3, 0.4) is 0 Å². The summed E-state index contributed by atoms with van der Waals surface area (Å²) in [6.45, 7) is 0. The van der Waals surface area contributed by atoms with Crippen LogP contribution in [-0.2, 0) is 9.53 Å². The zero-order chi connectivity index (χ0) is 13.9. The Balaban J connectivity index is 2.01. The van der Waals surface area contributed by atoms with Crippen molar-refractivity contribution in [2.24, 2.45) is 0 Å². The van der Waals surface area contributed by atoms with Gasteiger partial charge >= 0.3 is 5.97 Å². The quantitative estimate of drug-likeness (QED) is 0.541. The minimum atomic E-state index is -0.314. The van der Waals surface area contributed by atoms with Gasteiger partial charge in [0.05, 0.1) is 7.11 Å². The summed E-state index contributed by atoms with van der Waals surface area (Å²) in [4.78, 5) is 14.4. The van der Waals surface area contributed by atoms with Crippen LogP contribution >= 0.6 is 0 Å². The molecule has 2 aromatic carbocycles. The van der Waals surface area contributed by atoms with Gasteiger partial charge < -0.3 is 9.72 Å². The fraction of sp³-hybridized carbons (Fsp3) is 0.118. The zero-order valence-electron chi connectivity index (χ0n) is 11.1. The van der Waals surface area contributed by atoms with E-state index in [4.69, 9.17) is 0 Å². The molecule has 0 spiro atoms. The summed E-state index contributed by atoms with van der Waals surface area (Å²) in [7, 11) is 1.36. The lowest BCUT2D eigenvalue weighted by molar-refractivity contribution is -0.139. The van der Waals surface area contributed by atoms with Crippen molar-refractivity contribution in [2.75, 3.05) is 7.11 Å². The number of carbonyl (C=O) groups is 1. The standard InChI is InChI=1S/C17H13NO2/c1-20-17(19)8-4-5-12-9-10-16-14(11-12)13-6-2-3-7-15(13)18-16/h2-3,6-7,9-11,18H,8H2,1H3. The number of hydrogen-bond donors (Lipinski definition) is 1. The Kier molecular flexibility index (Phi) is 3.14. The average molecular weight is 263 g/mol. The number of benzene rings is 2. The number of hydrogen-bond acceptors (Lipinski definition) is 2. The number of H-pyrrole nitrogens is 1. The van der Waals surface area contributed by atoms with E-state index in [1.54, 1.807) is 0 Å². The number of para-hydroxylation sites is 1. The van der Waals surface area contributed by atoms with E-state index >= 15 is 0 Å². The Morgan fingerprint density at radius 2 is 1.95 bits per heavy atom. The Bertz CT molecular complexity index is 849. The second-order valence-electron chi connectivity index (χ2n) is 4.49. The lowest BCUT2D eigenvalue weighted by Crippen LogP contribution is -1.96. The van der Waals surface area contributed by atoms with Crippen LogP contribution in [0.5, 0.6) is 0 Å². The van der Waals surface area contributed by atoms with Gasteiger partial charge in [0, 0.05) is 27.4 Å². The lowest BCUT2D eigenvalue weighted by atomic mass is 10.1. The van der Waals surface area contributed by atoms with Crippen molar-refractivity contribution in [2.45, 2.75) is 6.42 Å². The Hall–Kier alpha value is -2.73. The molecule has 0 fully saturated rings. The molecule has 0 unspecified atom stereocenters. The summed E-state index contributed by atoms with van der Waals surface area (Å²) in [5.74, 6) is 5.50. The third-order valence-corrected chi connectivity index (χ3v) is 3.20. The van der Waals surface area contributed by atoms with Gasteiger partial charge in [-0.1, -0.05) is 30.0 Å². The molecule has 0 bridgehead atoms. The summed E-state index contributed by atoms with van der Waals surface area (Å²) in [6.07, 6.45) is 0.114. The molecule has 0 aliphatic carbocycles. The first-order valence-electron chi connectivity index (χ1n) is 6.34. The third-order valence-electron chi connectivity index (χ3n) is 3.20. The number of aromatic nitrogens is 1. The fourth-order valence-corrected chi connectivity index (χ4v) is 2.22. The van der Waals surface area contributed by atoms with E-state index in [2.05, 4.69) is 33.7 Å². The number of aromatic amines is 1. The summed E-state index contributed by atoms with van der Waals surface area (Å²) in [5, 5.41) is 2.32. The Labute approximate surface area is 116 Å². The van der Waals surface area contributed by atoms with E-state index in [1.165, 1.54) is 12.5 Å². The number of fused-ring (bicyclic) bond motifs is 3. The maximum absolute atomic E-state index is 11.0. The van der Waals surface area contributed by atoms with Crippen LogP contribution in [0.1, 0.15) is 12.0 Å². The molecule has 20 heavy (non-hydrogen) atoms. The molecule has 3 aromatic rings. The van der Waals surface area contributed by atoms with E-state index in [-0.39, 0.29) is 12.4 Å². The predicted molar refractivity (Wildman–Crippen MR) is 79.3 cm³/mol. The van der Waals surface area contributed by atoms with E-state index in [9.17, 15) is 4.79 Å². The number of carbonyl (C=O) groups excluding carboxylic acids is 1. The van der Waals surface area contributed by atoms with Crippen molar-refractivity contribution in [3.05, 3.63) is 48.0 Å². The van der Waals surface area contributed by atoms with Crippen LogP contribution in [0.2, 0.25) is 0 Å². The van der Waals surface area contributed by atoms with Crippen LogP contribution in [-0.4, -0.2) is 18.1 Å². The molecule has 3 nitrogen and oxygen atoms in total. The normalized spacial score (nSPS) is 10.2. The topological polar surface area (TPSA) is 42.1 Å². The number of esters is 1. The van der Waals surface area contributed by atoms with Gasteiger partial charge in [0.2, 0.25) is 0 Å². The van der Waals surface area contributed by atoms with Crippen LogP contribution < -0.4 is 0 Å². The van der Waals surface area contributed by atoms with Crippen LogP contribution in [0.25, 0.3) is 21.8 Å². The molecule has 0 aliphatic rings. The zero-order valence-corrected chi connectivity index (χ0v) is 11.1. The first-order chi connectivity index (χ1) is 9.78. The van der Waals surface area contributed by atoms with Crippen molar-refractivity contribution < 1.29 is 9.53 Å². The predicted octanol–water partition coefficient (Wildman–Crippen LogP) is 3.24. The van der Waals surface area contributed by atoms with E-state index in [0.717, 1.165) is 22.0 Å². The maximum Gasteiger partial charge on any atom is 0.317 e. The maximum atomic E-state index is 11.0. The van der Waals surface area contributed by atoms with Gasteiger partial charge in [0.15, 0.2) is 0 Å². The first-order valence-corrected chi connectivity index (χ1v) is 6.34. The molecular weight excluding hydrogens is 250 g/mol. The van der Waals surface area contributed by atoms with Crippen molar-refractivity contribution in [3.63, 3.8) is 0 Å². The molecule has 1 N–H and O–H groups in total. The van der Waals surface area contributed by atoms with E-state index in [0.29, 0.717) is 0 Å². The minimum Gasteiger partial charge on any atom is -0.468 e. The first kappa shape index (κ1) is 12.3. The molecule has 1 aromatic heterocycles. The molecule has 0 atom stereocenters. The van der Waals surface area contributed by atoms with Crippen LogP contribution in [0.15, 0.2) is 42.5 Å². The summed E-state index contributed by atoms with van der Waals surface area (Å²) >= 11 is 0. The summed E-state index contributed by atoms with van der Waals surface area (Å²) < 4.78 is 4.56. The number of nitrogens with one attached hydrogen (secondary N) is 1. The highest BCUT2D eigenvalue weighted by Crippen LogP contribution is 2.25. The van der Waals surface area contributed by atoms with E-state index < -0.39 is 0 Å². The minimum absolute atomic E-state index is 0.114. The lowest BCUT2D eigenvalue weighted by Gasteiger charge is -1.93. The van der Waals surface area contributed by atoms with Gasteiger partial charge in [-0.3, -0.25) is 4.79 Å². The molecule has 0 aliphatic heterocycles. The summed E-state index contributed by atoms with van der Waals surface area (Å²) in [5.41, 5.74) is 3.10. The number of methoxy groups -OCH3 is 1. The van der Waals surface area contributed by atoms with Gasteiger partial charge in [-0.15, -0.1) is 0 Å². The molecule has 0 amide bonds. The highest BCUT2D eigenvalue weighted by molar-refractivity contribution is 6.07. The van der Waals surface area contributed by atoms with Crippen molar-refractivity contribution in [3.8, 4) is 11.8 Å². The van der Waals surface area contributed by atoms with Crippen molar-refractivity contribution in [1.82, 2.24) is 4.98 Å². The molecule has 3 heteroatoms. The highest BCUT2D eigenvalue weighted by atomic mass is 16.5. The van der Waals surface area contributed by atoms with Gasteiger partial charge in [-0.05, 0) is 24.3 Å². The SMILES string of the molecule is COC(=O)CC#Cc1ccc2[nH]c3ccccc3c2c1. The third kappa shape index (κ3) is 2.24. The smallest absolute Gasteiger partial charge is 0.317 e. The molecule has 0 saturated heterocycles. The second kappa shape index (κ2) is 5.10. The molecule has 3 rings (SSSR count). The highest BCUT2D eigenvalue weighted by Gasteiger charge is 2.03. The molecular formula is C17H13NO2. The van der Waals surface area contributed by atoms with Crippen molar-refractivity contribution >= 4 is 27.8 Å². The molecule has 98 valence electrons. The monoisotopic (exact) mass is 263 g/mol. The average Bonchev–Trinajstić information content (AvgIpc) is 2.85. The Morgan fingerprint density at radius 1 is 1.15 bits per heavy atom. The van der Waals surface area contributed by atoms with Crippen molar-refractivity contribution in [1.29, 1.82) is 0 Å². The van der Waals surface area contributed by atoms with Crippen LogP contribution in [0.4, 0.5) is 0 Å². The molecule has 1 heterocycles. The van der Waals surface area contributed by atoms with Gasteiger partial charge in [-0.25, -0.2) is 0 Å². The van der Waals surface area contributed by atoms with Crippen LogP contribution in [0, 0.1) is 11.8 Å². The summed E-state index contributed by atoms with van der Waals surface area (Å²) in [6, 6.07) is 14.2. The van der Waals surface area contributed by atoms with E-state index in [1.807, 2.05) is 30.3 Å². The number of ether oxygens (including phenoxy) is 1. The second-order valence-corrected chi connectivity index (χ2v) is 4.49. The van der Waals surface area contributed by atoms with Gasteiger partial charge in [-0.2, -0.15) is 0 Å². The molecule has 0 saturated carbocycles. The van der Waals surface area contributed by atoms with Gasteiger partial charge in [0.25, 0.3) is 0 Å². The largest absolute Gasteiger partial charge is 0.468 e. The molecule has 0 radical (unpaired) electrons. The fourth-order valence-electron chi connectivity index (χ4n) is 2.22. The Morgan fingerprint density at radius 3 is 2.80 bits per heavy atom.